The van der Waals surface area contributed by atoms with Crippen molar-refractivity contribution in [2.45, 2.75) is 53.1 Å². The molecule has 0 bridgehead atoms. The first-order valence-corrected chi connectivity index (χ1v) is 12.2. The van der Waals surface area contributed by atoms with Gasteiger partial charge in [-0.2, -0.15) is 5.10 Å². The topological polar surface area (TPSA) is 70.4 Å². The van der Waals surface area contributed by atoms with Gasteiger partial charge in [0.05, 0.1) is 11.4 Å². The SMILES string of the molecule is Cc1nn(-c2ccc(F)cc2)c2sc(C(=O)OCC(=O)O[C@@H]3C[C@H](C)CC[C@H]3C(C)C)cc12. The number of aromatic nitrogens is 2. The van der Waals surface area contributed by atoms with Crippen LogP contribution in [-0.2, 0) is 14.3 Å². The lowest BCUT2D eigenvalue weighted by molar-refractivity contribution is -0.159. The molecule has 2 heterocycles. The Morgan fingerprint density at radius 1 is 1.24 bits per heavy atom. The summed E-state index contributed by atoms with van der Waals surface area (Å²) >= 11 is 1.22. The third kappa shape index (κ3) is 5.11. The van der Waals surface area contributed by atoms with Crippen LogP contribution in [0.25, 0.3) is 15.9 Å². The van der Waals surface area contributed by atoms with E-state index in [1.165, 1.54) is 23.5 Å². The van der Waals surface area contributed by atoms with Crippen LogP contribution in [0, 0.1) is 30.5 Å². The van der Waals surface area contributed by atoms with Crippen molar-refractivity contribution >= 4 is 33.5 Å². The summed E-state index contributed by atoms with van der Waals surface area (Å²) < 4.78 is 25.9. The van der Waals surface area contributed by atoms with Gasteiger partial charge in [-0.15, -0.1) is 11.3 Å². The van der Waals surface area contributed by atoms with Gasteiger partial charge in [0, 0.05) is 5.39 Å². The van der Waals surface area contributed by atoms with Crippen molar-refractivity contribution in [2.75, 3.05) is 6.61 Å². The van der Waals surface area contributed by atoms with Gasteiger partial charge in [-0.05, 0) is 67.9 Å². The molecule has 0 radical (unpaired) electrons. The zero-order valence-corrected chi connectivity index (χ0v) is 20.2. The average molecular weight is 473 g/mol. The minimum atomic E-state index is -0.573. The van der Waals surface area contributed by atoms with Crippen molar-refractivity contribution in [3.8, 4) is 5.69 Å². The Balaban J connectivity index is 1.42. The number of ether oxygens (including phenoxy) is 2. The van der Waals surface area contributed by atoms with E-state index < -0.39 is 18.5 Å². The highest BCUT2D eigenvalue weighted by atomic mass is 32.1. The summed E-state index contributed by atoms with van der Waals surface area (Å²) in [7, 11) is 0. The van der Waals surface area contributed by atoms with Crippen LogP contribution in [0.3, 0.4) is 0 Å². The molecule has 0 unspecified atom stereocenters. The second-order valence-electron chi connectivity index (χ2n) is 9.23. The normalized spacial score (nSPS) is 20.8. The summed E-state index contributed by atoms with van der Waals surface area (Å²) in [4.78, 5) is 26.2. The average Bonchev–Trinajstić information content (AvgIpc) is 3.33. The summed E-state index contributed by atoms with van der Waals surface area (Å²) in [6.45, 7) is 7.91. The van der Waals surface area contributed by atoms with E-state index >= 15 is 0 Å². The highest BCUT2D eigenvalue weighted by molar-refractivity contribution is 7.20. The Morgan fingerprint density at radius 2 is 1.97 bits per heavy atom. The third-order valence-corrected chi connectivity index (χ3v) is 7.47. The number of esters is 2. The van der Waals surface area contributed by atoms with E-state index in [0.29, 0.717) is 28.3 Å². The summed E-state index contributed by atoms with van der Waals surface area (Å²) in [5.41, 5.74) is 1.44. The lowest BCUT2D eigenvalue weighted by atomic mass is 9.75. The lowest BCUT2D eigenvalue weighted by Gasteiger charge is -2.36. The molecule has 1 fully saturated rings. The number of halogens is 1. The fraction of sp³-hybridized carbons (Fsp3) is 0.480. The van der Waals surface area contributed by atoms with Crippen molar-refractivity contribution in [2.24, 2.45) is 17.8 Å². The van der Waals surface area contributed by atoms with Crippen LogP contribution in [0.2, 0.25) is 0 Å². The predicted octanol–water partition coefficient (Wildman–Crippen LogP) is 5.70. The smallest absolute Gasteiger partial charge is 0.348 e. The van der Waals surface area contributed by atoms with Gasteiger partial charge in [-0.3, -0.25) is 0 Å². The number of aryl methyl sites for hydroxylation is 1. The molecule has 33 heavy (non-hydrogen) atoms. The second kappa shape index (κ2) is 9.63. The van der Waals surface area contributed by atoms with Gasteiger partial charge >= 0.3 is 11.9 Å². The largest absolute Gasteiger partial charge is 0.460 e. The van der Waals surface area contributed by atoms with Gasteiger partial charge in [-0.25, -0.2) is 18.7 Å². The van der Waals surface area contributed by atoms with E-state index in [9.17, 15) is 14.0 Å². The second-order valence-corrected chi connectivity index (χ2v) is 10.3. The molecule has 1 aliphatic rings. The number of thiophene rings is 1. The van der Waals surface area contributed by atoms with Crippen LogP contribution in [0.5, 0.6) is 0 Å². The van der Waals surface area contributed by atoms with Crippen LogP contribution in [0.1, 0.15) is 55.4 Å². The first-order valence-electron chi connectivity index (χ1n) is 11.3. The summed E-state index contributed by atoms with van der Waals surface area (Å²) in [5, 5.41) is 5.31. The molecule has 0 saturated heterocycles. The molecule has 0 N–H and O–H groups in total. The van der Waals surface area contributed by atoms with Gasteiger partial charge < -0.3 is 9.47 Å². The molecule has 0 spiro atoms. The van der Waals surface area contributed by atoms with E-state index in [0.717, 1.165) is 35.2 Å². The van der Waals surface area contributed by atoms with Gasteiger partial charge in [-0.1, -0.05) is 27.2 Å². The van der Waals surface area contributed by atoms with Gasteiger partial charge in [0.1, 0.15) is 21.6 Å². The van der Waals surface area contributed by atoms with Crippen molar-refractivity contribution in [3.63, 3.8) is 0 Å². The molecule has 3 atom stereocenters. The standard InChI is InChI=1S/C25H29FN2O4S/c1-14(2)19-10-5-15(3)11-21(19)32-23(29)13-31-25(30)22-12-20-16(4)27-28(24(20)33-22)18-8-6-17(26)7-9-18/h6-9,12,14-15,19,21H,5,10-11,13H2,1-4H3/t15-,19+,21-/m1/s1. The summed E-state index contributed by atoms with van der Waals surface area (Å²) in [6.07, 6.45) is 2.90. The number of benzene rings is 1. The predicted molar refractivity (Wildman–Crippen MR) is 125 cm³/mol. The molecule has 3 aromatic rings. The van der Waals surface area contributed by atoms with Gasteiger partial charge in [0.15, 0.2) is 6.61 Å². The first-order chi connectivity index (χ1) is 15.7. The maximum Gasteiger partial charge on any atom is 0.348 e. The molecule has 0 amide bonds. The van der Waals surface area contributed by atoms with E-state index in [-0.39, 0.29) is 11.9 Å². The Morgan fingerprint density at radius 3 is 2.67 bits per heavy atom. The number of carbonyl (C=O) groups excluding carboxylic acids is 2. The van der Waals surface area contributed by atoms with Crippen molar-refractivity contribution in [1.29, 1.82) is 0 Å². The maximum atomic E-state index is 13.3. The quantitative estimate of drug-likeness (QED) is 0.431. The molecule has 176 valence electrons. The zero-order chi connectivity index (χ0) is 23.7. The van der Waals surface area contributed by atoms with E-state index in [1.807, 2.05) is 6.92 Å². The van der Waals surface area contributed by atoms with Crippen LogP contribution < -0.4 is 0 Å². The molecule has 6 nitrogen and oxygen atoms in total. The van der Waals surface area contributed by atoms with E-state index in [4.69, 9.17) is 9.47 Å². The number of hydrogen-bond donors (Lipinski definition) is 0. The highest BCUT2D eigenvalue weighted by Crippen LogP contribution is 2.35. The van der Waals surface area contributed by atoms with Crippen LogP contribution in [-0.4, -0.2) is 34.4 Å². The van der Waals surface area contributed by atoms with Crippen LogP contribution >= 0.6 is 11.3 Å². The molecular weight excluding hydrogens is 443 g/mol. The molecule has 1 saturated carbocycles. The number of fused-ring (bicyclic) bond motifs is 1. The fourth-order valence-corrected chi connectivity index (χ4v) is 5.63. The molecule has 1 aromatic carbocycles. The molecule has 8 heteroatoms. The van der Waals surface area contributed by atoms with Gasteiger partial charge in [0.25, 0.3) is 0 Å². The molecule has 1 aliphatic carbocycles. The molecular formula is C25H29FN2O4S. The number of carbonyl (C=O) groups is 2. The van der Waals surface area contributed by atoms with Crippen molar-refractivity contribution in [3.05, 3.63) is 46.7 Å². The van der Waals surface area contributed by atoms with Gasteiger partial charge in [0.2, 0.25) is 0 Å². The zero-order valence-electron chi connectivity index (χ0n) is 19.3. The Labute approximate surface area is 196 Å². The third-order valence-electron chi connectivity index (χ3n) is 6.38. The first kappa shape index (κ1) is 23.4. The molecule has 4 rings (SSSR count). The maximum absolute atomic E-state index is 13.3. The number of rotatable bonds is 6. The Kier molecular flexibility index (Phi) is 6.83. The Hall–Kier alpha value is -2.74. The highest BCUT2D eigenvalue weighted by Gasteiger charge is 2.33. The van der Waals surface area contributed by atoms with Crippen molar-refractivity contribution < 1.29 is 23.5 Å². The van der Waals surface area contributed by atoms with Crippen LogP contribution in [0.15, 0.2) is 30.3 Å². The lowest BCUT2D eigenvalue weighted by Crippen LogP contribution is -2.36. The van der Waals surface area contributed by atoms with Crippen molar-refractivity contribution in [1.82, 2.24) is 9.78 Å². The summed E-state index contributed by atoms with van der Waals surface area (Å²) in [6, 6.07) is 7.71. The minimum Gasteiger partial charge on any atom is -0.460 e. The molecule has 2 aromatic heterocycles. The van der Waals surface area contributed by atoms with Crippen LogP contribution in [0.4, 0.5) is 4.39 Å². The van der Waals surface area contributed by atoms with E-state index in [1.54, 1.807) is 22.9 Å². The Bertz CT molecular complexity index is 1150. The molecule has 0 aliphatic heterocycles. The van der Waals surface area contributed by atoms with E-state index in [2.05, 4.69) is 25.9 Å². The minimum absolute atomic E-state index is 0.131. The monoisotopic (exact) mass is 472 g/mol. The number of hydrogen-bond acceptors (Lipinski definition) is 6. The number of nitrogens with zero attached hydrogens (tertiary/aromatic N) is 2. The fourth-order valence-electron chi connectivity index (χ4n) is 4.55. The summed E-state index contributed by atoms with van der Waals surface area (Å²) in [5.74, 6) is -0.133.